The molecule has 3 heterocycles. The average Bonchev–Trinajstić information content (AvgIpc) is 2.81. The monoisotopic (exact) mass is 364 g/mol. The van der Waals surface area contributed by atoms with Crippen LogP contribution in [0.1, 0.15) is 17.4 Å². The molecular formula is C14H12F4N2O5. The number of aliphatic hydroxyl groups is 3. The highest BCUT2D eigenvalue weighted by Crippen LogP contribution is 2.34. The summed E-state index contributed by atoms with van der Waals surface area (Å²) >= 11 is 0. The summed E-state index contributed by atoms with van der Waals surface area (Å²) in [5.74, 6) is -1.28. The van der Waals surface area contributed by atoms with Gasteiger partial charge in [-0.3, -0.25) is 4.79 Å². The molecule has 0 bridgehead atoms. The standard InChI is InChI=1S/C14H12F4N2O5/c15-6-2-8(14(16,17)18)19-12-4(6)1-5(13(24)20-12)11-10(23)9(22)7(3-21)25-11/h1-2,7,9-11,21-23H,3H2,(H,19,20,24)/t7-,9?,10?,11+/m1/s1. The molecule has 0 spiro atoms. The number of H-pyrrole nitrogens is 1. The van der Waals surface area contributed by atoms with Crippen molar-refractivity contribution in [1.29, 1.82) is 0 Å². The van der Waals surface area contributed by atoms with E-state index in [9.17, 15) is 32.6 Å². The molecule has 136 valence electrons. The Bertz CT molecular complexity index is 869. The van der Waals surface area contributed by atoms with Gasteiger partial charge in [0.05, 0.1) is 12.0 Å². The first kappa shape index (κ1) is 17.7. The van der Waals surface area contributed by atoms with Crippen LogP contribution in [0.15, 0.2) is 16.9 Å². The Kier molecular flexibility index (Phi) is 4.27. The highest BCUT2D eigenvalue weighted by molar-refractivity contribution is 5.76. The third kappa shape index (κ3) is 2.99. The van der Waals surface area contributed by atoms with Crippen LogP contribution >= 0.6 is 0 Å². The molecule has 2 aromatic heterocycles. The van der Waals surface area contributed by atoms with Crippen LogP contribution in [0.25, 0.3) is 11.0 Å². The Labute approximate surface area is 136 Å². The van der Waals surface area contributed by atoms with E-state index in [1.54, 1.807) is 0 Å². The SMILES string of the molecule is O=c1[nH]c2nc(C(F)(F)F)cc(F)c2cc1[C@@H]1O[C@H](CO)C(O)C1O. The molecule has 1 saturated heterocycles. The number of ether oxygens (including phenoxy) is 1. The first-order chi connectivity index (χ1) is 11.6. The lowest BCUT2D eigenvalue weighted by molar-refractivity contribution is -0.141. The second-order valence-electron chi connectivity index (χ2n) is 5.56. The average molecular weight is 364 g/mol. The Balaban J connectivity index is 2.12. The fourth-order valence-electron chi connectivity index (χ4n) is 2.67. The normalized spacial score (nSPS) is 27.2. The van der Waals surface area contributed by atoms with Crippen molar-refractivity contribution in [3.05, 3.63) is 39.6 Å². The van der Waals surface area contributed by atoms with E-state index in [0.29, 0.717) is 0 Å². The van der Waals surface area contributed by atoms with Gasteiger partial charge in [-0.1, -0.05) is 0 Å². The lowest BCUT2D eigenvalue weighted by atomic mass is 10.0. The molecule has 2 unspecified atom stereocenters. The van der Waals surface area contributed by atoms with Gasteiger partial charge in [0.1, 0.15) is 41.6 Å². The Hall–Kier alpha value is -2.08. The number of aromatic nitrogens is 2. The van der Waals surface area contributed by atoms with E-state index in [1.165, 1.54) is 0 Å². The summed E-state index contributed by atoms with van der Waals surface area (Å²) in [6.07, 6.45) is -10.5. The molecule has 7 nitrogen and oxygen atoms in total. The van der Waals surface area contributed by atoms with Crippen LogP contribution in [0.3, 0.4) is 0 Å². The first-order valence-electron chi connectivity index (χ1n) is 7.06. The van der Waals surface area contributed by atoms with Gasteiger partial charge < -0.3 is 25.0 Å². The van der Waals surface area contributed by atoms with Gasteiger partial charge in [-0.15, -0.1) is 0 Å². The van der Waals surface area contributed by atoms with Crippen molar-refractivity contribution in [3.63, 3.8) is 0 Å². The van der Waals surface area contributed by atoms with Gasteiger partial charge in [0.25, 0.3) is 5.56 Å². The van der Waals surface area contributed by atoms with Gasteiger partial charge >= 0.3 is 6.18 Å². The summed E-state index contributed by atoms with van der Waals surface area (Å²) in [6, 6.07) is 1.08. The van der Waals surface area contributed by atoms with Crippen LogP contribution in [-0.2, 0) is 10.9 Å². The predicted octanol–water partition coefficient (Wildman–Crippen LogP) is 0.235. The highest BCUT2D eigenvalue weighted by Gasteiger charge is 2.44. The van der Waals surface area contributed by atoms with Crippen molar-refractivity contribution in [3.8, 4) is 0 Å². The van der Waals surface area contributed by atoms with Crippen LogP contribution in [0.4, 0.5) is 17.6 Å². The van der Waals surface area contributed by atoms with Crippen LogP contribution in [0.2, 0.25) is 0 Å². The molecule has 0 aliphatic carbocycles. The zero-order chi connectivity index (χ0) is 18.5. The van der Waals surface area contributed by atoms with Crippen molar-refractivity contribution in [2.75, 3.05) is 6.61 Å². The molecule has 3 rings (SSSR count). The number of nitrogens with zero attached hydrogens (tertiary/aromatic N) is 1. The summed E-state index contributed by atoms with van der Waals surface area (Å²) in [4.78, 5) is 17.3. The van der Waals surface area contributed by atoms with Crippen molar-refractivity contribution in [2.24, 2.45) is 0 Å². The minimum atomic E-state index is -4.90. The molecule has 4 N–H and O–H groups in total. The van der Waals surface area contributed by atoms with Crippen molar-refractivity contribution >= 4 is 11.0 Å². The van der Waals surface area contributed by atoms with Gasteiger partial charge in [-0.05, 0) is 6.07 Å². The number of halogens is 4. The third-order valence-corrected chi connectivity index (χ3v) is 3.94. The maximum Gasteiger partial charge on any atom is 0.433 e. The van der Waals surface area contributed by atoms with Gasteiger partial charge in [0.15, 0.2) is 0 Å². The minimum Gasteiger partial charge on any atom is -0.394 e. The number of rotatable bonds is 2. The van der Waals surface area contributed by atoms with Gasteiger partial charge in [-0.25, -0.2) is 9.37 Å². The summed E-state index contributed by atoms with van der Waals surface area (Å²) in [7, 11) is 0. The smallest absolute Gasteiger partial charge is 0.394 e. The fourth-order valence-corrected chi connectivity index (χ4v) is 2.67. The zero-order valence-corrected chi connectivity index (χ0v) is 12.3. The molecule has 1 aliphatic rings. The molecule has 1 fully saturated rings. The zero-order valence-electron chi connectivity index (χ0n) is 12.3. The predicted molar refractivity (Wildman–Crippen MR) is 74.0 cm³/mol. The molecule has 2 aromatic rings. The number of hydrogen-bond donors (Lipinski definition) is 4. The molecule has 11 heteroatoms. The number of aliphatic hydroxyl groups excluding tert-OH is 3. The third-order valence-electron chi connectivity index (χ3n) is 3.94. The van der Waals surface area contributed by atoms with Crippen LogP contribution < -0.4 is 5.56 Å². The Morgan fingerprint density at radius 3 is 2.48 bits per heavy atom. The summed E-state index contributed by atoms with van der Waals surface area (Å²) in [5, 5.41) is 28.3. The van der Waals surface area contributed by atoms with Crippen LogP contribution in [0, 0.1) is 5.82 Å². The van der Waals surface area contributed by atoms with Crippen LogP contribution in [0.5, 0.6) is 0 Å². The maximum absolute atomic E-state index is 14.0. The molecule has 4 atom stereocenters. The van der Waals surface area contributed by atoms with Gasteiger partial charge in [-0.2, -0.15) is 13.2 Å². The van der Waals surface area contributed by atoms with E-state index in [4.69, 9.17) is 9.84 Å². The van der Waals surface area contributed by atoms with Crippen LogP contribution in [-0.4, -0.2) is 50.2 Å². The molecule has 0 radical (unpaired) electrons. The number of nitrogens with one attached hydrogen (secondary N) is 1. The minimum absolute atomic E-state index is 0.182. The number of aromatic amines is 1. The lowest BCUT2D eigenvalue weighted by Gasteiger charge is -2.15. The van der Waals surface area contributed by atoms with E-state index in [2.05, 4.69) is 4.98 Å². The van der Waals surface area contributed by atoms with E-state index in [-0.39, 0.29) is 11.6 Å². The van der Waals surface area contributed by atoms with Crippen molar-refractivity contribution < 1.29 is 37.6 Å². The van der Waals surface area contributed by atoms with Crippen molar-refractivity contribution in [1.82, 2.24) is 9.97 Å². The topological polar surface area (TPSA) is 116 Å². The van der Waals surface area contributed by atoms with E-state index < -0.39 is 65.3 Å². The second-order valence-corrected chi connectivity index (χ2v) is 5.56. The summed E-state index contributed by atoms with van der Waals surface area (Å²) < 4.78 is 57.2. The Morgan fingerprint density at radius 1 is 1.24 bits per heavy atom. The van der Waals surface area contributed by atoms with E-state index in [0.717, 1.165) is 6.07 Å². The molecular weight excluding hydrogens is 352 g/mol. The summed E-state index contributed by atoms with van der Waals surface area (Å²) in [5.41, 5.74) is -3.40. The molecule has 0 amide bonds. The number of alkyl halides is 3. The Morgan fingerprint density at radius 2 is 1.92 bits per heavy atom. The molecule has 1 aliphatic heterocycles. The number of pyridine rings is 2. The lowest BCUT2D eigenvalue weighted by Crippen LogP contribution is -2.33. The molecule has 0 aromatic carbocycles. The number of hydrogen-bond acceptors (Lipinski definition) is 6. The molecule has 0 saturated carbocycles. The van der Waals surface area contributed by atoms with Gasteiger partial charge in [0, 0.05) is 11.6 Å². The second kappa shape index (κ2) is 6.02. The fraction of sp³-hybridized carbons (Fsp3) is 0.429. The van der Waals surface area contributed by atoms with Gasteiger partial charge in [0.2, 0.25) is 0 Å². The molecule has 25 heavy (non-hydrogen) atoms. The highest BCUT2D eigenvalue weighted by atomic mass is 19.4. The quantitative estimate of drug-likeness (QED) is 0.568. The van der Waals surface area contributed by atoms with Crippen molar-refractivity contribution in [2.45, 2.75) is 30.6 Å². The summed E-state index contributed by atoms with van der Waals surface area (Å²) in [6.45, 7) is -0.634. The van der Waals surface area contributed by atoms with E-state index >= 15 is 0 Å². The number of fused-ring (bicyclic) bond motifs is 1. The van der Waals surface area contributed by atoms with E-state index in [1.807, 2.05) is 4.98 Å². The first-order valence-corrected chi connectivity index (χ1v) is 7.06. The maximum atomic E-state index is 14.0. The largest absolute Gasteiger partial charge is 0.433 e.